The Labute approximate surface area is 87.8 Å². The molecule has 1 aromatic carbocycles. The van der Waals surface area contributed by atoms with Crippen LogP contribution in [0.1, 0.15) is 0 Å². The van der Waals surface area contributed by atoms with Crippen molar-refractivity contribution in [2.24, 2.45) is 0 Å². The summed E-state index contributed by atoms with van der Waals surface area (Å²) in [6.45, 7) is 7.55. The van der Waals surface area contributed by atoms with Gasteiger partial charge in [-0.05, 0) is 24.2 Å². The SMILES string of the molecule is C[Si]1(C)CCN(c2ccccc2)CC1. The molecule has 14 heavy (non-hydrogen) atoms. The summed E-state index contributed by atoms with van der Waals surface area (Å²) in [5.74, 6) is 0. The lowest BCUT2D eigenvalue weighted by Gasteiger charge is -2.37. The summed E-state index contributed by atoms with van der Waals surface area (Å²) in [5, 5.41) is 0. The lowest BCUT2D eigenvalue weighted by atomic mass is 10.3. The van der Waals surface area contributed by atoms with E-state index in [2.05, 4.69) is 48.3 Å². The number of hydrogen-bond donors (Lipinski definition) is 0. The van der Waals surface area contributed by atoms with Gasteiger partial charge >= 0.3 is 0 Å². The molecule has 1 nitrogen and oxygen atoms in total. The average molecular weight is 205 g/mol. The first-order chi connectivity index (χ1) is 6.67. The first-order valence-electron chi connectivity index (χ1n) is 5.47. The van der Waals surface area contributed by atoms with Gasteiger partial charge in [-0.25, -0.2) is 0 Å². The van der Waals surface area contributed by atoms with Crippen LogP contribution < -0.4 is 4.90 Å². The molecule has 0 bridgehead atoms. The summed E-state index contributed by atoms with van der Waals surface area (Å²) in [7, 11) is -0.807. The molecule has 1 saturated heterocycles. The fourth-order valence-corrected chi connectivity index (χ4v) is 4.01. The van der Waals surface area contributed by atoms with Crippen molar-refractivity contribution in [1.29, 1.82) is 0 Å². The van der Waals surface area contributed by atoms with E-state index in [4.69, 9.17) is 0 Å². The molecule has 0 unspecified atom stereocenters. The Morgan fingerprint density at radius 3 is 2.14 bits per heavy atom. The van der Waals surface area contributed by atoms with Gasteiger partial charge in [-0.1, -0.05) is 31.3 Å². The minimum Gasteiger partial charge on any atom is -0.372 e. The number of hydrogen-bond acceptors (Lipinski definition) is 1. The van der Waals surface area contributed by atoms with Crippen LogP contribution in [-0.2, 0) is 0 Å². The van der Waals surface area contributed by atoms with Crippen molar-refractivity contribution in [3.05, 3.63) is 30.3 Å². The Bertz CT molecular complexity index is 284. The predicted octanol–water partition coefficient (Wildman–Crippen LogP) is 3.22. The van der Waals surface area contributed by atoms with Crippen molar-refractivity contribution >= 4 is 13.8 Å². The van der Waals surface area contributed by atoms with E-state index in [1.165, 1.54) is 30.9 Å². The summed E-state index contributed by atoms with van der Waals surface area (Å²) in [4.78, 5) is 2.53. The van der Waals surface area contributed by atoms with Crippen LogP contribution in [0, 0.1) is 0 Å². The summed E-state index contributed by atoms with van der Waals surface area (Å²) >= 11 is 0. The largest absolute Gasteiger partial charge is 0.372 e. The highest BCUT2D eigenvalue weighted by atomic mass is 28.3. The minimum atomic E-state index is -0.807. The molecule has 0 aliphatic carbocycles. The van der Waals surface area contributed by atoms with Crippen molar-refractivity contribution in [1.82, 2.24) is 0 Å². The fourth-order valence-electron chi connectivity index (χ4n) is 2.01. The summed E-state index contributed by atoms with van der Waals surface area (Å²) in [5.41, 5.74) is 1.40. The molecule has 1 aliphatic heterocycles. The van der Waals surface area contributed by atoms with Crippen LogP contribution in [0.15, 0.2) is 30.3 Å². The first-order valence-corrected chi connectivity index (χ1v) is 8.89. The third kappa shape index (κ3) is 2.18. The van der Waals surface area contributed by atoms with E-state index in [9.17, 15) is 0 Å². The maximum absolute atomic E-state index is 2.53. The molecule has 0 aromatic heterocycles. The molecule has 0 N–H and O–H groups in total. The van der Waals surface area contributed by atoms with Gasteiger partial charge in [0, 0.05) is 18.8 Å². The number of para-hydroxylation sites is 1. The van der Waals surface area contributed by atoms with Gasteiger partial charge in [0.15, 0.2) is 0 Å². The van der Waals surface area contributed by atoms with Gasteiger partial charge in [0.2, 0.25) is 0 Å². The van der Waals surface area contributed by atoms with Gasteiger partial charge in [0.25, 0.3) is 0 Å². The summed E-state index contributed by atoms with van der Waals surface area (Å²) in [6, 6.07) is 13.7. The van der Waals surface area contributed by atoms with Crippen LogP contribution in [0.4, 0.5) is 5.69 Å². The molecule has 1 fully saturated rings. The zero-order chi connectivity index (χ0) is 10.0. The Morgan fingerprint density at radius 2 is 1.57 bits per heavy atom. The van der Waals surface area contributed by atoms with Gasteiger partial charge < -0.3 is 4.90 Å². The van der Waals surface area contributed by atoms with E-state index < -0.39 is 8.07 Å². The zero-order valence-corrected chi connectivity index (χ0v) is 10.2. The molecular formula is C12H19NSi. The van der Waals surface area contributed by atoms with Crippen molar-refractivity contribution < 1.29 is 0 Å². The van der Waals surface area contributed by atoms with E-state index in [1.807, 2.05) is 0 Å². The predicted molar refractivity (Wildman–Crippen MR) is 65.8 cm³/mol. The number of rotatable bonds is 1. The first kappa shape index (κ1) is 9.78. The second-order valence-electron chi connectivity index (χ2n) is 4.99. The van der Waals surface area contributed by atoms with Crippen molar-refractivity contribution in [3.63, 3.8) is 0 Å². The van der Waals surface area contributed by atoms with E-state index in [-0.39, 0.29) is 0 Å². The number of nitrogens with zero attached hydrogens (tertiary/aromatic N) is 1. The molecule has 0 atom stereocenters. The highest BCUT2D eigenvalue weighted by molar-refractivity contribution is 6.77. The standard InChI is InChI=1S/C12H19NSi/c1-14(2)10-8-13(9-11-14)12-6-4-3-5-7-12/h3-7H,8-11H2,1-2H3. The highest BCUT2D eigenvalue weighted by Crippen LogP contribution is 2.25. The second kappa shape index (κ2) is 3.77. The van der Waals surface area contributed by atoms with Crippen molar-refractivity contribution in [2.75, 3.05) is 18.0 Å². The van der Waals surface area contributed by atoms with Gasteiger partial charge in [-0.2, -0.15) is 0 Å². The van der Waals surface area contributed by atoms with Crippen LogP contribution in [0.2, 0.25) is 25.2 Å². The lowest BCUT2D eigenvalue weighted by Crippen LogP contribution is -2.42. The van der Waals surface area contributed by atoms with E-state index in [0.29, 0.717) is 0 Å². The minimum absolute atomic E-state index is 0.807. The molecule has 0 spiro atoms. The Balaban J connectivity index is 2.03. The fraction of sp³-hybridized carbons (Fsp3) is 0.500. The molecule has 0 amide bonds. The molecule has 1 aliphatic rings. The topological polar surface area (TPSA) is 3.24 Å². The molecule has 0 saturated carbocycles. The number of benzene rings is 1. The van der Waals surface area contributed by atoms with Gasteiger partial charge in [-0.15, -0.1) is 0 Å². The van der Waals surface area contributed by atoms with Gasteiger partial charge in [0.05, 0.1) is 8.07 Å². The van der Waals surface area contributed by atoms with Crippen LogP contribution in [0.3, 0.4) is 0 Å². The molecule has 1 heterocycles. The molecule has 0 radical (unpaired) electrons. The van der Waals surface area contributed by atoms with Gasteiger partial charge in [0.1, 0.15) is 0 Å². The highest BCUT2D eigenvalue weighted by Gasteiger charge is 2.26. The van der Waals surface area contributed by atoms with E-state index >= 15 is 0 Å². The number of anilines is 1. The summed E-state index contributed by atoms with van der Waals surface area (Å²) in [6.07, 6.45) is 0. The molecule has 2 heteroatoms. The molecular weight excluding hydrogens is 186 g/mol. The maximum Gasteiger partial charge on any atom is 0.0508 e. The molecule has 76 valence electrons. The normalized spacial score (nSPS) is 20.9. The Hall–Kier alpha value is -0.763. The maximum atomic E-state index is 2.53. The third-order valence-electron chi connectivity index (χ3n) is 3.24. The summed E-state index contributed by atoms with van der Waals surface area (Å²) < 4.78 is 0. The Kier molecular flexibility index (Phi) is 2.64. The van der Waals surface area contributed by atoms with Crippen LogP contribution in [0.5, 0.6) is 0 Å². The zero-order valence-electron chi connectivity index (χ0n) is 9.16. The van der Waals surface area contributed by atoms with Crippen LogP contribution >= 0.6 is 0 Å². The van der Waals surface area contributed by atoms with Crippen molar-refractivity contribution in [3.8, 4) is 0 Å². The lowest BCUT2D eigenvalue weighted by molar-refractivity contribution is 0.806. The smallest absolute Gasteiger partial charge is 0.0508 e. The van der Waals surface area contributed by atoms with Gasteiger partial charge in [-0.3, -0.25) is 0 Å². The Morgan fingerprint density at radius 1 is 1.00 bits per heavy atom. The second-order valence-corrected chi connectivity index (χ2v) is 10.3. The molecule has 1 aromatic rings. The monoisotopic (exact) mass is 205 g/mol. The van der Waals surface area contributed by atoms with E-state index in [0.717, 1.165) is 0 Å². The van der Waals surface area contributed by atoms with Crippen LogP contribution in [0.25, 0.3) is 0 Å². The van der Waals surface area contributed by atoms with E-state index in [1.54, 1.807) is 0 Å². The van der Waals surface area contributed by atoms with Crippen LogP contribution in [-0.4, -0.2) is 21.2 Å². The average Bonchev–Trinajstić information content (AvgIpc) is 2.19. The molecule has 2 rings (SSSR count). The third-order valence-corrected chi connectivity index (χ3v) is 6.39. The quantitative estimate of drug-likeness (QED) is 0.636. The van der Waals surface area contributed by atoms with Crippen molar-refractivity contribution in [2.45, 2.75) is 25.2 Å².